The molecule has 0 amide bonds. The zero-order chi connectivity index (χ0) is 13.1. The van der Waals surface area contributed by atoms with Gasteiger partial charge in [-0.15, -0.1) is 0 Å². The molecule has 0 aliphatic carbocycles. The number of ether oxygens (including phenoxy) is 1. The van der Waals surface area contributed by atoms with Crippen LogP contribution in [0.25, 0.3) is 0 Å². The SMILES string of the molecule is CC(C)c1noc(OCCS(=O)(=O)N(C)C)n1. The molecular formula is C9H17N3O4S. The molecule has 0 aliphatic heterocycles. The van der Waals surface area contributed by atoms with Crippen molar-refractivity contribution in [3.63, 3.8) is 0 Å². The zero-order valence-corrected chi connectivity index (χ0v) is 11.2. The van der Waals surface area contributed by atoms with Gasteiger partial charge in [0.05, 0.1) is 5.75 Å². The van der Waals surface area contributed by atoms with E-state index in [0.717, 1.165) is 4.31 Å². The van der Waals surface area contributed by atoms with Gasteiger partial charge in [-0.3, -0.25) is 4.52 Å². The number of aromatic nitrogens is 2. The van der Waals surface area contributed by atoms with Crippen LogP contribution in [0.2, 0.25) is 0 Å². The quantitative estimate of drug-likeness (QED) is 0.741. The molecule has 0 aliphatic rings. The molecule has 0 fully saturated rings. The largest absolute Gasteiger partial charge is 0.448 e. The van der Waals surface area contributed by atoms with E-state index in [1.807, 2.05) is 13.8 Å². The number of nitrogens with zero attached hydrogens (tertiary/aromatic N) is 3. The summed E-state index contributed by atoms with van der Waals surface area (Å²) in [5.74, 6) is 0.552. The maximum atomic E-state index is 11.4. The van der Waals surface area contributed by atoms with E-state index in [2.05, 4.69) is 10.1 Å². The standard InChI is InChI=1S/C9H17N3O4S/c1-7(2)8-10-9(16-11-8)15-5-6-17(13,14)12(3)4/h7H,5-6H2,1-4H3. The Hall–Kier alpha value is -1.15. The predicted molar refractivity (Wildman–Crippen MR) is 61.4 cm³/mol. The van der Waals surface area contributed by atoms with Gasteiger partial charge in [-0.1, -0.05) is 19.0 Å². The molecule has 1 aromatic rings. The van der Waals surface area contributed by atoms with Gasteiger partial charge in [0.1, 0.15) is 6.61 Å². The number of hydrogen-bond donors (Lipinski definition) is 0. The Bertz CT molecular complexity index is 453. The molecule has 8 heteroatoms. The highest BCUT2D eigenvalue weighted by Crippen LogP contribution is 2.14. The summed E-state index contributed by atoms with van der Waals surface area (Å²) in [4.78, 5) is 3.97. The highest BCUT2D eigenvalue weighted by molar-refractivity contribution is 7.89. The van der Waals surface area contributed by atoms with Crippen LogP contribution in [0.4, 0.5) is 0 Å². The second-order valence-electron chi connectivity index (χ2n) is 4.02. The molecule has 0 bridgehead atoms. The minimum absolute atomic E-state index is 0.00246. The molecule has 17 heavy (non-hydrogen) atoms. The molecular weight excluding hydrogens is 246 g/mol. The molecule has 7 nitrogen and oxygen atoms in total. The lowest BCUT2D eigenvalue weighted by molar-refractivity contribution is 0.215. The summed E-state index contributed by atoms with van der Waals surface area (Å²) in [5, 5.41) is 3.69. The second kappa shape index (κ2) is 5.46. The zero-order valence-electron chi connectivity index (χ0n) is 10.4. The van der Waals surface area contributed by atoms with Crippen LogP contribution < -0.4 is 4.74 Å². The van der Waals surface area contributed by atoms with Crippen molar-refractivity contribution >= 4 is 10.0 Å². The smallest absolute Gasteiger partial charge is 0.417 e. The minimum Gasteiger partial charge on any atom is -0.448 e. The van der Waals surface area contributed by atoms with Gasteiger partial charge in [-0.2, -0.15) is 4.98 Å². The van der Waals surface area contributed by atoms with E-state index in [9.17, 15) is 8.42 Å². The van der Waals surface area contributed by atoms with E-state index < -0.39 is 10.0 Å². The van der Waals surface area contributed by atoms with Gasteiger partial charge in [-0.05, 0) is 0 Å². The summed E-state index contributed by atoms with van der Waals surface area (Å²) >= 11 is 0. The van der Waals surface area contributed by atoms with Crippen molar-refractivity contribution in [3.8, 4) is 6.08 Å². The first kappa shape index (κ1) is 13.9. The van der Waals surface area contributed by atoms with Crippen molar-refractivity contribution in [2.24, 2.45) is 0 Å². The molecule has 0 atom stereocenters. The third-order valence-corrected chi connectivity index (χ3v) is 3.86. The summed E-state index contributed by atoms with van der Waals surface area (Å²) in [6.45, 7) is 3.83. The molecule has 0 spiro atoms. The lowest BCUT2D eigenvalue weighted by Crippen LogP contribution is -2.27. The van der Waals surface area contributed by atoms with Gasteiger partial charge in [-0.25, -0.2) is 12.7 Å². The number of rotatable bonds is 6. The van der Waals surface area contributed by atoms with Crippen molar-refractivity contribution in [2.75, 3.05) is 26.5 Å². The molecule has 0 aromatic carbocycles. The lowest BCUT2D eigenvalue weighted by Gasteiger charge is -2.10. The molecule has 0 unspecified atom stereocenters. The average molecular weight is 263 g/mol. The van der Waals surface area contributed by atoms with Gasteiger partial charge in [0.2, 0.25) is 10.0 Å². The topological polar surface area (TPSA) is 85.5 Å². The highest BCUT2D eigenvalue weighted by atomic mass is 32.2. The Kier molecular flexibility index (Phi) is 4.47. The Labute approximate surface area is 101 Å². The molecule has 1 heterocycles. The van der Waals surface area contributed by atoms with Crippen molar-refractivity contribution in [1.29, 1.82) is 0 Å². The Morgan fingerprint density at radius 3 is 2.53 bits per heavy atom. The monoisotopic (exact) mass is 263 g/mol. The van der Waals surface area contributed by atoms with Crippen LogP contribution in [-0.2, 0) is 10.0 Å². The lowest BCUT2D eigenvalue weighted by atomic mass is 10.2. The van der Waals surface area contributed by atoms with Crippen LogP contribution >= 0.6 is 0 Å². The Morgan fingerprint density at radius 1 is 1.41 bits per heavy atom. The fraction of sp³-hybridized carbons (Fsp3) is 0.778. The van der Waals surface area contributed by atoms with Crippen LogP contribution in [-0.4, -0.2) is 49.3 Å². The third-order valence-electron chi connectivity index (χ3n) is 2.06. The van der Waals surface area contributed by atoms with Crippen molar-refractivity contribution < 1.29 is 17.7 Å². The first-order valence-electron chi connectivity index (χ1n) is 5.19. The maximum absolute atomic E-state index is 11.4. The summed E-state index contributed by atoms with van der Waals surface area (Å²) in [7, 11) is -0.317. The first-order chi connectivity index (χ1) is 7.83. The highest BCUT2D eigenvalue weighted by Gasteiger charge is 2.15. The van der Waals surface area contributed by atoms with E-state index >= 15 is 0 Å². The fourth-order valence-corrected chi connectivity index (χ4v) is 1.59. The van der Waals surface area contributed by atoms with Gasteiger partial charge in [0.25, 0.3) is 0 Å². The van der Waals surface area contributed by atoms with Crippen molar-refractivity contribution in [1.82, 2.24) is 14.4 Å². The summed E-state index contributed by atoms with van der Waals surface area (Å²) < 4.78 is 33.9. The predicted octanol–water partition coefficient (Wildman–Crippen LogP) is 0.463. The van der Waals surface area contributed by atoms with E-state index in [0.29, 0.717) is 5.82 Å². The van der Waals surface area contributed by atoms with E-state index in [-0.39, 0.29) is 24.4 Å². The van der Waals surface area contributed by atoms with E-state index in [1.54, 1.807) is 0 Å². The Morgan fingerprint density at radius 2 is 2.06 bits per heavy atom. The number of hydrogen-bond acceptors (Lipinski definition) is 6. The molecule has 0 N–H and O–H groups in total. The second-order valence-corrected chi connectivity index (χ2v) is 6.32. The van der Waals surface area contributed by atoms with Gasteiger partial charge < -0.3 is 4.74 Å². The molecule has 1 aromatic heterocycles. The van der Waals surface area contributed by atoms with E-state index in [4.69, 9.17) is 9.26 Å². The van der Waals surface area contributed by atoms with Crippen LogP contribution in [0.15, 0.2) is 4.52 Å². The summed E-state index contributed by atoms with van der Waals surface area (Å²) in [6.07, 6.45) is 0.00246. The fourth-order valence-electron chi connectivity index (χ4n) is 0.930. The molecule has 98 valence electrons. The van der Waals surface area contributed by atoms with Crippen LogP contribution in [0.1, 0.15) is 25.6 Å². The molecule has 1 rings (SSSR count). The minimum atomic E-state index is -3.26. The summed E-state index contributed by atoms with van der Waals surface area (Å²) in [5.41, 5.74) is 0. The molecule has 0 radical (unpaired) electrons. The first-order valence-corrected chi connectivity index (χ1v) is 6.80. The normalized spacial score (nSPS) is 12.4. The number of sulfonamides is 1. The van der Waals surface area contributed by atoms with Crippen molar-refractivity contribution in [3.05, 3.63) is 5.82 Å². The van der Waals surface area contributed by atoms with Crippen LogP contribution in [0.5, 0.6) is 6.08 Å². The third kappa shape index (κ3) is 3.97. The average Bonchev–Trinajstić information content (AvgIpc) is 2.66. The van der Waals surface area contributed by atoms with Gasteiger partial charge >= 0.3 is 6.08 Å². The molecule has 0 saturated heterocycles. The van der Waals surface area contributed by atoms with Crippen LogP contribution in [0.3, 0.4) is 0 Å². The van der Waals surface area contributed by atoms with Crippen molar-refractivity contribution in [2.45, 2.75) is 19.8 Å². The maximum Gasteiger partial charge on any atom is 0.417 e. The van der Waals surface area contributed by atoms with Gasteiger partial charge in [0, 0.05) is 20.0 Å². The Balaban J connectivity index is 2.46. The van der Waals surface area contributed by atoms with E-state index in [1.165, 1.54) is 14.1 Å². The van der Waals surface area contributed by atoms with Gasteiger partial charge in [0.15, 0.2) is 5.82 Å². The summed E-state index contributed by atoms with van der Waals surface area (Å²) in [6, 6.07) is 0. The molecule has 0 saturated carbocycles. The van der Waals surface area contributed by atoms with Crippen LogP contribution in [0, 0.1) is 0 Å².